The van der Waals surface area contributed by atoms with E-state index >= 15 is 0 Å². The number of allylic oxidation sites excluding steroid dienone is 2. The first-order valence-corrected chi connectivity index (χ1v) is 39.8. The van der Waals surface area contributed by atoms with Gasteiger partial charge in [-0.2, -0.15) is 0 Å². The van der Waals surface area contributed by atoms with Gasteiger partial charge in [0.25, 0.3) is 0 Å². The van der Waals surface area contributed by atoms with E-state index in [0.29, 0.717) is 0 Å². The molecular formula is C46H41Cl2HfSi. The molecule has 0 fully saturated rings. The summed E-state index contributed by atoms with van der Waals surface area (Å²) in [5.41, 5.74) is 17.6. The number of halogens is 2. The van der Waals surface area contributed by atoms with Crippen LogP contribution in [0.5, 0.6) is 0 Å². The fourth-order valence-corrected chi connectivity index (χ4v) is 51.4. The van der Waals surface area contributed by atoms with Gasteiger partial charge in [0, 0.05) is 0 Å². The van der Waals surface area contributed by atoms with Crippen LogP contribution in [-0.2, 0) is 15.3 Å². The van der Waals surface area contributed by atoms with Gasteiger partial charge in [-0.1, -0.05) is 0 Å². The zero-order valence-corrected chi connectivity index (χ0v) is 35.3. The van der Waals surface area contributed by atoms with Crippen LogP contribution in [0.15, 0.2) is 146 Å². The predicted molar refractivity (Wildman–Crippen MR) is 218 cm³/mol. The molecule has 6 aromatic carbocycles. The quantitative estimate of drug-likeness (QED) is 0.140. The molecule has 0 amide bonds. The van der Waals surface area contributed by atoms with Gasteiger partial charge < -0.3 is 0 Å². The maximum atomic E-state index is 8.91. The normalized spacial score (nSPS) is 17.5. The second-order valence-electron chi connectivity index (χ2n) is 14.4. The molecule has 0 bridgehead atoms. The van der Waals surface area contributed by atoms with E-state index in [4.69, 9.17) is 17.2 Å². The molecule has 0 radical (unpaired) electrons. The van der Waals surface area contributed by atoms with Gasteiger partial charge in [-0.3, -0.25) is 0 Å². The first-order valence-electron chi connectivity index (χ1n) is 17.7. The van der Waals surface area contributed by atoms with Crippen molar-refractivity contribution in [2.45, 2.75) is 34.3 Å². The SMILES string of the molecule is Cc1ccccc1-c1cccc2c1C=C(c1ccccc1)[CH]2[Hf]([Cl])([Cl])([CH]1C(c2ccccc2)=Cc2c(-c3ccccc3C)cccc21)[SiH](C)C. The van der Waals surface area contributed by atoms with Crippen molar-refractivity contribution in [3.63, 3.8) is 0 Å². The molecule has 0 heterocycles. The van der Waals surface area contributed by atoms with E-state index in [-0.39, 0.29) is 7.35 Å². The van der Waals surface area contributed by atoms with E-state index in [0.717, 1.165) is 0 Å². The van der Waals surface area contributed by atoms with Crippen molar-refractivity contribution in [2.75, 3.05) is 0 Å². The van der Waals surface area contributed by atoms with Crippen LogP contribution in [0.1, 0.15) is 51.9 Å². The van der Waals surface area contributed by atoms with Gasteiger partial charge in [0.2, 0.25) is 0 Å². The molecule has 2 aliphatic carbocycles. The summed E-state index contributed by atoms with van der Waals surface area (Å²) >= 11 is -5.31. The van der Waals surface area contributed by atoms with Crippen LogP contribution < -0.4 is 0 Å². The number of rotatable bonds is 7. The van der Waals surface area contributed by atoms with Crippen molar-refractivity contribution < 1.29 is 15.3 Å². The number of fused-ring (bicyclic) bond motifs is 2. The van der Waals surface area contributed by atoms with Crippen LogP contribution >= 0.6 is 17.2 Å². The molecule has 2 unspecified atom stereocenters. The average Bonchev–Trinajstić information content (AvgIpc) is 3.74. The Morgan fingerprint density at radius 3 is 1.18 bits per heavy atom. The topological polar surface area (TPSA) is 0 Å². The Bertz CT molecular complexity index is 2160. The molecule has 2 aliphatic rings. The molecular weight excluding hydrogens is 830 g/mol. The van der Waals surface area contributed by atoms with Crippen molar-refractivity contribution >= 4 is 46.4 Å². The van der Waals surface area contributed by atoms with Crippen molar-refractivity contribution in [1.82, 2.24) is 0 Å². The van der Waals surface area contributed by atoms with E-state index < -0.39 is 21.3 Å². The summed E-state index contributed by atoms with van der Waals surface area (Å²) in [5.74, 6) is -1.79. The summed E-state index contributed by atoms with van der Waals surface area (Å²) in [5, 5.41) is 0. The minimum atomic E-state index is -5.31. The van der Waals surface area contributed by atoms with E-state index in [1.165, 1.54) is 77.9 Å². The second-order valence-corrected chi connectivity index (χ2v) is 73.7. The average molecular weight is 871 g/mol. The molecule has 0 spiro atoms. The zero-order valence-electron chi connectivity index (χ0n) is 29.0. The third-order valence-electron chi connectivity index (χ3n) is 11.4. The molecule has 50 heavy (non-hydrogen) atoms. The third kappa shape index (κ3) is 5.25. The Morgan fingerprint density at radius 1 is 0.440 bits per heavy atom. The molecule has 4 heteroatoms. The van der Waals surface area contributed by atoms with Gasteiger partial charge in [-0.25, -0.2) is 0 Å². The van der Waals surface area contributed by atoms with Gasteiger partial charge in [-0.15, -0.1) is 0 Å². The van der Waals surface area contributed by atoms with Crippen LogP contribution in [0.25, 0.3) is 45.6 Å². The summed E-state index contributed by atoms with van der Waals surface area (Å²) in [6.45, 7) is 9.29. The molecule has 0 saturated heterocycles. The Balaban J connectivity index is 1.44. The molecule has 6 aromatic rings. The monoisotopic (exact) mass is 871 g/mol. The Morgan fingerprint density at radius 2 is 0.800 bits per heavy atom. The van der Waals surface area contributed by atoms with Crippen LogP contribution in [0.4, 0.5) is 0 Å². The van der Waals surface area contributed by atoms with Gasteiger partial charge in [-0.05, 0) is 0 Å². The second kappa shape index (κ2) is 12.9. The first-order chi connectivity index (χ1) is 24.2. The number of hydrogen-bond acceptors (Lipinski definition) is 0. The minimum absolute atomic E-state index is 0.0615. The summed E-state index contributed by atoms with van der Waals surface area (Å²) in [6.07, 6.45) is 4.89. The van der Waals surface area contributed by atoms with E-state index in [9.17, 15) is 0 Å². The van der Waals surface area contributed by atoms with Crippen LogP contribution in [0.2, 0.25) is 13.1 Å². The van der Waals surface area contributed by atoms with Crippen molar-refractivity contribution in [3.8, 4) is 22.3 Å². The summed E-state index contributed by atoms with van der Waals surface area (Å²) in [7, 11) is 17.8. The molecule has 8 rings (SSSR count). The molecule has 0 N–H and O–H groups in total. The van der Waals surface area contributed by atoms with Gasteiger partial charge in [0.1, 0.15) is 0 Å². The Labute approximate surface area is 306 Å². The zero-order chi connectivity index (χ0) is 34.6. The van der Waals surface area contributed by atoms with Crippen LogP contribution in [0.3, 0.4) is 0 Å². The maximum absolute atomic E-state index is 8.91. The fourth-order valence-electron chi connectivity index (χ4n) is 8.81. The molecule has 0 nitrogen and oxygen atoms in total. The van der Waals surface area contributed by atoms with E-state index in [1.54, 1.807) is 0 Å². The summed E-state index contributed by atoms with van der Waals surface area (Å²) in [4.78, 5) is 0. The first kappa shape index (κ1) is 33.6. The number of aryl methyl sites for hydroxylation is 2. The Hall–Kier alpha value is -3.53. The van der Waals surface area contributed by atoms with E-state index in [2.05, 4.69) is 185 Å². The standard InChI is InChI=1S/2C22H17.C2H7Si.2ClH.Hf/c2*1-16-8-5-6-12-20(16)21-13-7-11-18-14-19(15-22(18)21)17-9-3-2-4-10-17;1-3-2;;;/h2*2-15H,1H3;3H,1-2H3;2*1H;/q;;;;;+2/p-2. The van der Waals surface area contributed by atoms with Gasteiger partial charge >= 0.3 is 308 Å². The molecule has 0 saturated carbocycles. The van der Waals surface area contributed by atoms with Crippen LogP contribution in [-0.4, -0.2) is 5.98 Å². The predicted octanol–water partition coefficient (Wildman–Crippen LogP) is 13.5. The van der Waals surface area contributed by atoms with Gasteiger partial charge in [0.05, 0.1) is 0 Å². The summed E-state index contributed by atoms with van der Waals surface area (Å²) < 4.78 is -0.123. The summed E-state index contributed by atoms with van der Waals surface area (Å²) in [6, 6.07) is 52.9. The third-order valence-corrected chi connectivity index (χ3v) is 83.8. The number of hydrogen-bond donors (Lipinski definition) is 0. The molecule has 247 valence electrons. The van der Waals surface area contributed by atoms with Crippen LogP contribution in [0, 0.1) is 13.8 Å². The molecule has 0 aliphatic heterocycles. The Kier molecular flexibility index (Phi) is 8.67. The van der Waals surface area contributed by atoms with E-state index in [1.807, 2.05) is 0 Å². The fraction of sp³-hybridized carbons (Fsp3) is 0.130. The molecule has 0 aromatic heterocycles. The molecule has 2 atom stereocenters. The van der Waals surface area contributed by atoms with Crippen molar-refractivity contribution in [1.29, 1.82) is 0 Å². The number of benzene rings is 6. The van der Waals surface area contributed by atoms with Gasteiger partial charge in [0.15, 0.2) is 0 Å². The van der Waals surface area contributed by atoms with Crippen molar-refractivity contribution in [2.24, 2.45) is 0 Å². The van der Waals surface area contributed by atoms with Crippen molar-refractivity contribution in [3.05, 3.63) is 190 Å².